The van der Waals surface area contributed by atoms with E-state index in [2.05, 4.69) is 5.32 Å². The van der Waals surface area contributed by atoms with Crippen LogP contribution in [0.3, 0.4) is 0 Å². The van der Waals surface area contributed by atoms with Crippen molar-refractivity contribution in [3.63, 3.8) is 0 Å². The summed E-state index contributed by atoms with van der Waals surface area (Å²) in [4.78, 5) is 12.1. The predicted octanol–water partition coefficient (Wildman–Crippen LogP) is 4.22. The molecule has 0 radical (unpaired) electrons. The molecule has 0 unspecified atom stereocenters. The minimum absolute atomic E-state index is 0.212. The Morgan fingerprint density at radius 2 is 1.79 bits per heavy atom. The summed E-state index contributed by atoms with van der Waals surface area (Å²) in [7, 11) is -0.575. The van der Waals surface area contributed by atoms with Crippen molar-refractivity contribution >= 4 is 19.3 Å². The standard InChI is InChI=1S/C21H26BNO5/c1-20(2)21(3,4)28-22(27-20)18(12-17-10-11-25-14-17)13-23-19(24)26-15-16-8-6-5-7-9-16/h5-12,14H,13,15H2,1-4H3,(H,23,24). The molecule has 0 bridgehead atoms. The lowest BCUT2D eigenvalue weighted by atomic mass is 9.77. The number of alkyl carbamates (subject to hydrolysis) is 1. The van der Waals surface area contributed by atoms with E-state index in [1.807, 2.05) is 70.2 Å². The normalized spacial score (nSPS) is 18.1. The number of nitrogens with one attached hydrogen (secondary N) is 1. The number of hydrogen-bond acceptors (Lipinski definition) is 5. The molecule has 1 aromatic carbocycles. The Kier molecular flexibility index (Phi) is 5.96. The van der Waals surface area contributed by atoms with Gasteiger partial charge in [-0.3, -0.25) is 0 Å². The van der Waals surface area contributed by atoms with Crippen molar-refractivity contribution in [1.82, 2.24) is 5.32 Å². The van der Waals surface area contributed by atoms with Crippen LogP contribution in [0.15, 0.2) is 58.8 Å². The van der Waals surface area contributed by atoms with Gasteiger partial charge in [0.05, 0.1) is 23.7 Å². The lowest BCUT2D eigenvalue weighted by Crippen LogP contribution is -2.41. The van der Waals surface area contributed by atoms with E-state index in [9.17, 15) is 4.79 Å². The largest absolute Gasteiger partial charge is 0.492 e. The predicted molar refractivity (Wildman–Crippen MR) is 107 cm³/mol. The van der Waals surface area contributed by atoms with E-state index in [4.69, 9.17) is 18.5 Å². The molecule has 6 nitrogen and oxygen atoms in total. The fraction of sp³-hybridized carbons (Fsp3) is 0.381. The Bertz CT molecular complexity index is 799. The topological polar surface area (TPSA) is 69.9 Å². The first-order valence-electron chi connectivity index (χ1n) is 9.30. The zero-order valence-corrected chi connectivity index (χ0v) is 16.7. The van der Waals surface area contributed by atoms with Gasteiger partial charge in [0, 0.05) is 12.1 Å². The first-order valence-corrected chi connectivity index (χ1v) is 9.30. The highest BCUT2D eigenvalue weighted by atomic mass is 16.7. The summed E-state index contributed by atoms with van der Waals surface area (Å²) in [5.41, 5.74) is 1.63. The Balaban J connectivity index is 1.64. The maximum atomic E-state index is 12.1. The number of carbonyl (C=O) groups excluding carboxylic acids is 1. The second kappa shape index (κ2) is 8.25. The minimum Gasteiger partial charge on any atom is -0.472 e. The van der Waals surface area contributed by atoms with Gasteiger partial charge in [-0.05, 0) is 44.8 Å². The van der Waals surface area contributed by atoms with E-state index in [1.165, 1.54) is 0 Å². The van der Waals surface area contributed by atoms with Crippen LogP contribution in [0.25, 0.3) is 6.08 Å². The van der Waals surface area contributed by atoms with Gasteiger partial charge in [-0.15, -0.1) is 0 Å². The zero-order valence-electron chi connectivity index (χ0n) is 16.7. The Morgan fingerprint density at radius 1 is 1.11 bits per heavy atom. The second-order valence-corrected chi connectivity index (χ2v) is 7.78. The molecule has 1 fully saturated rings. The Hall–Kier alpha value is -2.51. The maximum absolute atomic E-state index is 12.1. The average molecular weight is 383 g/mol. The highest BCUT2D eigenvalue weighted by Crippen LogP contribution is 2.38. The molecule has 1 aliphatic rings. The van der Waals surface area contributed by atoms with Crippen LogP contribution in [-0.4, -0.2) is 31.0 Å². The molecule has 0 saturated carbocycles. The molecule has 0 aliphatic carbocycles. The number of amides is 1. The summed E-state index contributed by atoms with van der Waals surface area (Å²) in [5, 5.41) is 2.78. The first-order chi connectivity index (χ1) is 13.3. The SMILES string of the molecule is CC1(C)OB(C(=Cc2ccoc2)CNC(=O)OCc2ccccc2)OC1(C)C. The molecule has 7 heteroatoms. The van der Waals surface area contributed by atoms with E-state index in [1.54, 1.807) is 12.5 Å². The van der Waals surface area contributed by atoms with Crippen LogP contribution >= 0.6 is 0 Å². The molecule has 1 saturated heterocycles. The van der Waals surface area contributed by atoms with E-state index < -0.39 is 24.4 Å². The van der Waals surface area contributed by atoms with Crippen LogP contribution in [-0.2, 0) is 20.7 Å². The zero-order chi connectivity index (χ0) is 20.2. The van der Waals surface area contributed by atoms with Gasteiger partial charge < -0.3 is 23.8 Å². The van der Waals surface area contributed by atoms with E-state index >= 15 is 0 Å². The summed E-state index contributed by atoms with van der Waals surface area (Å²) in [6.07, 6.45) is 4.61. The molecule has 3 rings (SSSR count). The van der Waals surface area contributed by atoms with Gasteiger partial charge in [0.25, 0.3) is 0 Å². The van der Waals surface area contributed by atoms with E-state index in [0.29, 0.717) is 0 Å². The maximum Gasteiger partial charge on any atom is 0.492 e. The number of benzene rings is 1. The third-order valence-electron chi connectivity index (χ3n) is 5.10. The van der Waals surface area contributed by atoms with Crippen molar-refractivity contribution in [1.29, 1.82) is 0 Å². The quantitative estimate of drug-likeness (QED) is 0.757. The fourth-order valence-electron chi connectivity index (χ4n) is 2.72. The van der Waals surface area contributed by atoms with Crippen molar-refractivity contribution in [2.45, 2.75) is 45.5 Å². The van der Waals surface area contributed by atoms with Gasteiger partial charge in [-0.25, -0.2) is 4.79 Å². The van der Waals surface area contributed by atoms with Gasteiger partial charge >= 0.3 is 13.2 Å². The number of carbonyl (C=O) groups is 1. The van der Waals surface area contributed by atoms with Gasteiger partial charge in [-0.2, -0.15) is 0 Å². The van der Waals surface area contributed by atoms with Crippen molar-refractivity contribution < 1.29 is 23.3 Å². The highest BCUT2D eigenvalue weighted by Gasteiger charge is 2.52. The Labute approximate surface area is 166 Å². The fourth-order valence-corrected chi connectivity index (χ4v) is 2.72. The van der Waals surface area contributed by atoms with E-state index in [-0.39, 0.29) is 13.2 Å². The second-order valence-electron chi connectivity index (χ2n) is 7.78. The van der Waals surface area contributed by atoms with Crippen LogP contribution in [0.2, 0.25) is 0 Å². The molecule has 148 valence electrons. The van der Waals surface area contributed by atoms with Crippen molar-refractivity contribution in [2.24, 2.45) is 0 Å². The molecular weight excluding hydrogens is 357 g/mol. The van der Waals surface area contributed by atoms with Gasteiger partial charge in [0.2, 0.25) is 0 Å². The summed E-state index contributed by atoms with van der Waals surface area (Å²) in [6.45, 7) is 8.40. The summed E-state index contributed by atoms with van der Waals surface area (Å²) in [6, 6.07) is 11.4. The number of furan rings is 1. The number of rotatable bonds is 6. The lowest BCUT2D eigenvalue weighted by Gasteiger charge is -2.32. The molecule has 1 amide bonds. The molecule has 28 heavy (non-hydrogen) atoms. The van der Waals surface area contributed by atoms with Crippen molar-refractivity contribution in [3.05, 3.63) is 65.5 Å². The number of ether oxygens (including phenoxy) is 1. The van der Waals surface area contributed by atoms with Gasteiger partial charge in [0.15, 0.2) is 0 Å². The van der Waals surface area contributed by atoms with Crippen LogP contribution < -0.4 is 5.32 Å². The van der Waals surface area contributed by atoms with Gasteiger partial charge in [0.1, 0.15) is 6.61 Å². The molecule has 1 aliphatic heterocycles. The molecule has 1 aromatic heterocycles. The minimum atomic E-state index is -0.575. The van der Waals surface area contributed by atoms with Crippen LogP contribution in [0.1, 0.15) is 38.8 Å². The monoisotopic (exact) mass is 383 g/mol. The third kappa shape index (κ3) is 4.85. The molecule has 2 aromatic rings. The van der Waals surface area contributed by atoms with Crippen LogP contribution in [0, 0.1) is 0 Å². The summed E-state index contributed by atoms with van der Waals surface area (Å²) in [5.74, 6) is 0. The average Bonchev–Trinajstić information content (AvgIpc) is 3.23. The smallest absolute Gasteiger partial charge is 0.472 e. The van der Waals surface area contributed by atoms with E-state index in [0.717, 1.165) is 16.6 Å². The van der Waals surface area contributed by atoms with Crippen molar-refractivity contribution in [3.8, 4) is 0 Å². The molecule has 2 heterocycles. The molecular formula is C21H26BNO5. The highest BCUT2D eigenvalue weighted by molar-refractivity contribution is 6.56. The Morgan fingerprint density at radius 3 is 2.39 bits per heavy atom. The number of hydrogen-bond donors (Lipinski definition) is 1. The van der Waals surface area contributed by atoms with Crippen LogP contribution in [0.4, 0.5) is 4.79 Å². The lowest BCUT2D eigenvalue weighted by molar-refractivity contribution is 0.00578. The molecule has 0 atom stereocenters. The van der Waals surface area contributed by atoms with Gasteiger partial charge in [-0.1, -0.05) is 36.4 Å². The van der Waals surface area contributed by atoms with Crippen molar-refractivity contribution in [2.75, 3.05) is 6.54 Å². The molecule has 0 spiro atoms. The third-order valence-corrected chi connectivity index (χ3v) is 5.10. The molecule has 1 N–H and O–H groups in total. The van der Waals surface area contributed by atoms with Crippen LogP contribution in [0.5, 0.6) is 0 Å². The summed E-state index contributed by atoms with van der Waals surface area (Å²) >= 11 is 0. The first kappa shape index (κ1) is 20.2. The summed E-state index contributed by atoms with van der Waals surface area (Å²) < 4.78 is 22.7.